The molecule has 26 heavy (non-hydrogen) atoms. The number of methoxy groups -OCH3 is 1. The van der Waals surface area contributed by atoms with Gasteiger partial charge in [0.2, 0.25) is 5.91 Å². The number of aromatic hydroxyl groups is 1. The zero-order chi connectivity index (χ0) is 18.9. The van der Waals surface area contributed by atoms with Gasteiger partial charge in [0.15, 0.2) is 0 Å². The van der Waals surface area contributed by atoms with Crippen LogP contribution in [0.15, 0.2) is 53.6 Å². The van der Waals surface area contributed by atoms with Crippen LogP contribution in [0.1, 0.15) is 29.3 Å². The maximum atomic E-state index is 11.9. The molecular weight excluding hydrogens is 334 g/mol. The molecule has 136 valence electrons. The van der Waals surface area contributed by atoms with Crippen LogP contribution in [-0.4, -0.2) is 29.7 Å². The van der Waals surface area contributed by atoms with Crippen molar-refractivity contribution in [1.29, 1.82) is 0 Å². The van der Waals surface area contributed by atoms with Gasteiger partial charge in [-0.2, -0.15) is 5.10 Å². The highest BCUT2D eigenvalue weighted by atomic mass is 16.5. The number of nitrogens with zero attached hydrogens (tertiary/aromatic N) is 1. The van der Waals surface area contributed by atoms with Gasteiger partial charge in [-0.3, -0.25) is 9.59 Å². The number of benzene rings is 2. The highest BCUT2D eigenvalue weighted by Gasteiger charge is 2.10. The Bertz CT molecular complexity index is 801. The van der Waals surface area contributed by atoms with Crippen molar-refractivity contribution in [3.8, 4) is 11.5 Å². The summed E-state index contributed by atoms with van der Waals surface area (Å²) >= 11 is 0. The van der Waals surface area contributed by atoms with Crippen molar-refractivity contribution in [2.75, 3.05) is 7.11 Å². The van der Waals surface area contributed by atoms with Crippen LogP contribution in [0.2, 0.25) is 0 Å². The number of carbonyl (C=O) groups excluding carboxylic acids is 2. The van der Waals surface area contributed by atoms with Crippen molar-refractivity contribution in [2.45, 2.75) is 19.9 Å². The molecule has 0 fully saturated rings. The van der Waals surface area contributed by atoms with E-state index >= 15 is 0 Å². The number of phenols is 1. The minimum Gasteiger partial charge on any atom is -0.507 e. The molecule has 0 heterocycles. The Hall–Kier alpha value is -3.35. The molecular formula is C19H21N3O4. The van der Waals surface area contributed by atoms with Gasteiger partial charge in [-0.1, -0.05) is 24.3 Å². The number of hydrogen-bond donors (Lipinski definition) is 3. The maximum Gasteiger partial charge on any atom is 0.275 e. The van der Waals surface area contributed by atoms with Gasteiger partial charge >= 0.3 is 0 Å². The molecule has 0 aliphatic carbocycles. The summed E-state index contributed by atoms with van der Waals surface area (Å²) in [5.41, 5.74) is 3.84. The quantitative estimate of drug-likeness (QED) is 0.524. The molecule has 0 aliphatic heterocycles. The number of hydrazone groups is 1. The lowest BCUT2D eigenvalue weighted by Gasteiger charge is -2.07. The van der Waals surface area contributed by atoms with Crippen molar-refractivity contribution in [3.05, 3.63) is 59.7 Å². The summed E-state index contributed by atoms with van der Waals surface area (Å²) < 4.78 is 5.08. The Morgan fingerprint density at radius 1 is 1.12 bits per heavy atom. The van der Waals surface area contributed by atoms with Crippen LogP contribution in [0, 0.1) is 0 Å². The third kappa shape index (κ3) is 5.62. The molecule has 0 spiro atoms. The highest BCUT2D eigenvalue weighted by molar-refractivity contribution is 6.01. The van der Waals surface area contributed by atoms with E-state index in [0.717, 1.165) is 11.3 Å². The van der Waals surface area contributed by atoms with Crippen LogP contribution < -0.4 is 15.5 Å². The molecule has 0 aliphatic rings. The molecule has 2 aromatic carbocycles. The maximum absolute atomic E-state index is 11.9. The molecule has 2 aromatic rings. The average molecular weight is 355 g/mol. The molecule has 0 bridgehead atoms. The van der Waals surface area contributed by atoms with Crippen molar-refractivity contribution in [2.24, 2.45) is 5.10 Å². The standard InChI is InChI=1S/C19H21N3O4/c1-13(21-22-19(25)16-5-3-4-6-17(16)23)11-18(24)20-12-14-7-9-15(26-2)10-8-14/h3-10,23H,11-12H2,1-2H3,(H,20,24)(H,22,25)/b21-13+. The van der Waals surface area contributed by atoms with Gasteiger partial charge < -0.3 is 15.2 Å². The van der Waals surface area contributed by atoms with E-state index < -0.39 is 5.91 Å². The fraction of sp³-hybridized carbons (Fsp3) is 0.211. The molecule has 2 rings (SSSR count). The second kappa shape index (κ2) is 9.22. The molecule has 2 amide bonds. The molecule has 3 N–H and O–H groups in total. The van der Waals surface area contributed by atoms with Gasteiger partial charge in [0, 0.05) is 12.3 Å². The molecule has 0 saturated carbocycles. The topological polar surface area (TPSA) is 100 Å². The molecule has 7 nitrogen and oxygen atoms in total. The first-order chi connectivity index (χ1) is 12.5. The number of carbonyl (C=O) groups is 2. The number of para-hydroxylation sites is 1. The fourth-order valence-electron chi connectivity index (χ4n) is 2.15. The van der Waals surface area contributed by atoms with Crippen LogP contribution in [0.5, 0.6) is 11.5 Å². The lowest BCUT2D eigenvalue weighted by atomic mass is 10.2. The molecule has 0 unspecified atom stereocenters. The number of nitrogens with one attached hydrogen (secondary N) is 2. The van der Waals surface area contributed by atoms with Crippen LogP contribution >= 0.6 is 0 Å². The van der Waals surface area contributed by atoms with E-state index in [9.17, 15) is 14.7 Å². The smallest absolute Gasteiger partial charge is 0.275 e. The first-order valence-electron chi connectivity index (χ1n) is 8.00. The lowest BCUT2D eigenvalue weighted by molar-refractivity contribution is -0.120. The number of ether oxygens (including phenoxy) is 1. The second-order valence-corrected chi connectivity index (χ2v) is 5.61. The number of phenolic OH excluding ortho intramolecular Hbond substituents is 1. The van der Waals surface area contributed by atoms with Crippen molar-refractivity contribution in [3.63, 3.8) is 0 Å². The Morgan fingerprint density at radius 3 is 2.46 bits per heavy atom. The SMILES string of the molecule is COc1ccc(CNC(=O)C/C(C)=N/NC(=O)c2ccccc2O)cc1. The van der Waals surface area contributed by atoms with Crippen LogP contribution in [-0.2, 0) is 11.3 Å². The third-order valence-electron chi connectivity index (χ3n) is 3.56. The van der Waals surface area contributed by atoms with Crippen LogP contribution in [0.3, 0.4) is 0 Å². The minimum absolute atomic E-state index is 0.0528. The van der Waals surface area contributed by atoms with E-state index in [4.69, 9.17) is 4.74 Å². The van der Waals surface area contributed by atoms with Gasteiger partial charge in [0.05, 0.1) is 19.1 Å². The summed E-state index contributed by atoms with van der Waals surface area (Å²) in [7, 11) is 1.59. The summed E-state index contributed by atoms with van der Waals surface area (Å²) in [5, 5.41) is 16.3. The Labute approximate surface area is 151 Å². The summed E-state index contributed by atoms with van der Waals surface area (Å²) in [4.78, 5) is 23.9. The number of rotatable bonds is 7. The predicted molar refractivity (Wildman–Crippen MR) is 98.1 cm³/mol. The summed E-state index contributed by atoms with van der Waals surface area (Å²) in [6.07, 6.45) is 0.0528. The van der Waals surface area contributed by atoms with Crippen LogP contribution in [0.25, 0.3) is 0 Å². The third-order valence-corrected chi connectivity index (χ3v) is 3.56. The zero-order valence-corrected chi connectivity index (χ0v) is 14.7. The molecule has 0 radical (unpaired) electrons. The fourth-order valence-corrected chi connectivity index (χ4v) is 2.15. The molecule has 7 heteroatoms. The molecule has 0 aromatic heterocycles. The first kappa shape index (κ1) is 19.0. The van der Waals surface area contributed by atoms with Gasteiger partial charge in [-0.15, -0.1) is 0 Å². The summed E-state index contributed by atoms with van der Waals surface area (Å²) in [6.45, 7) is 2.03. The largest absolute Gasteiger partial charge is 0.507 e. The normalized spacial score (nSPS) is 10.9. The predicted octanol–water partition coefficient (Wildman–Crippen LogP) is 2.21. The van der Waals surface area contributed by atoms with Gasteiger partial charge in [-0.25, -0.2) is 5.43 Å². The Kier molecular flexibility index (Phi) is 6.73. The highest BCUT2D eigenvalue weighted by Crippen LogP contribution is 2.15. The van der Waals surface area contributed by atoms with Gasteiger partial charge in [0.25, 0.3) is 5.91 Å². The average Bonchev–Trinajstić information content (AvgIpc) is 2.65. The lowest BCUT2D eigenvalue weighted by Crippen LogP contribution is -2.26. The van der Waals surface area contributed by atoms with Crippen molar-refractivity contribution < 1.29 is 19.4 Å². The number of amides is 2. The van der Waals surface area contributed by atoms with Crippen molar-refractivity contribution in [1.82, 2.24) is 10.7 Å². The van der Waals surface area contributed by atoms with Crippen molar-refractivity contribution >= 4 is 17.5 Å². The number of hydrogen-bond acceptors (Lipinski definition) is 5. The van der Waals surface area contributed by atoms with E-state index in [1.807, 2.05) is 24.3 Å². The molecule has 0 saturated heterocycles. The van der Waals surface area contributed by atoms with E-state index in [1.54, 1.807) is 26.2 Å². The van der Waals surface area contributed by atoms with Gasteiger partial charge in [0.1, 0.15) is 11.5 Å². The van der Waals surface area contributed by atoms with E-state index in [2.05, 4.69) is 15.8 Å². The van der Waals surface area contributed by atoms with Gasteiger partial charge in [-0.05, 0) is 36.8 Å². The minimum atomic E-state index is -0.541. The monoisotopic (exact) mass is 355 g/mol. The van der Waals surface area contributed by atoms with Crippen LogP contribution in [0.4, 0.5) is 0 Å². The zero-order valence-electron chi connectivity index (χ0n) is 14.7. The summed E-state index contributed by atoms with van der Waals surface area (Å²) in [5.74, 6) is -0.127. The van der Waals surface area contributed by atoms with E-state index in [-0.39, 0.29) is 23.6 Å². The first-order valence-corrected chi connectivity index (χ1v) is 8.00. The molecule has 0 atom stereocenters. The Balaban J connectivity index is 1.81. The van der Waals surface area contributed by atoms with E-state index in [1.165, 1.54) is 12.1 Å². The van der Waals surface area contributed by atoms with E-state index in [0.29, 0.717) is 12.3 Å². The Morgan fingerprint density at radius 2 is 1.81 bits per heavy atom. The summed E-state index contributed by atoms with van der Waals surface area (Å²) in [6, 6.07) is 13.5. The second-order valence-electron chi connectivity index (χ2n) is 5.61.